The minimum absolute atomic E-state index is 0.179. The molecule has 0 amide bonds. The van der Waals surface area contributed by atoms with Crippen LogP contribution in [0.1, 0.15) is 24.0 Å². The van der Waals surface area contributed by atoms with Gasteiger partial charge in [-0.05, 0) is 18.6 Å². The van der Waals surface area contributed by atoms with Crippen LogP contribution in [0.5, 0.6) is 0 Å². The Bertz CT molecular complexity index is 548. The zero-order valence-corrected chi connectivity index (χ0v) is 11.2. The Hall–Kier alpha value is -1.16. The predicted octanol–water partition coefficient (Wildman–Crippen LogP) is 4.21. The first kappa shape index (κ1) is 12.3. The number of alkyl halides is 1. The van der Waals surface area contributed by atoms with Crippen LogP contribution >= 0.6 is 15.9 Å². The maximum Gasteiger partial charge on any atom is 0.125 e. The van der Waals surface area contributed by atoms with Crippen molar-refractivity contribution in [3.63, 3.8) is 0 Å². The van der Waals surface area contributed by atoms with Gasteiger partial charge in [0.1, 0.15) is 11.6 Å². The van der Waals surface area contributed by atoms with Crippen molar-refractivity contribution in [2.24, 2.45) is 0 Å². The highest BCUT2D eigenvalue weighted by atomic mass is 79.9. The summed E-state index contributed by atoms with van der Waals surface area (Å²) in [7, 11) is 0. The van der Waals surface area contributed by atoms with Gasteiger partial charge < -0.3 is 4.57 Å². The Kier molecular flexibility index (Phi) is 3.62. The highest BCUT2D eigenvalue weighted by Gasteiger charge is 2.16. The van der Waals surface area contributed by atoms with Gasteiger partial charge in [0.2, 0.25) is 0 Å². The van der Waals surface area contributed by atoms with E-state index in [4.69, 9.17) is 0 Å². The molecule has 1 aromatic carbocycles. The maximum absolute atomic E-state index is 13.2. The molecule has 0 aliphatic rings. The van der Waals surface area contributed by atoms with Gasteiger partial charge in [0.25, 0.3) is 0 Å². The van der Waals surface area contributed by atoms with Crippen LogP contribution in [0.25, 0.3) is 11.0 Å². The molecule has 0 aliphatic heterocycles. The molecule has 2 aromatic rings. The molecule has 2 nitrogen and oxygen atoms in total. The van der Waals surface area contributed by atoms with E-state index in [0.29, 0.717) is 12.1 Å². The molecular weight excluding hydrogens is 283 g/mol. The zero-order valence-electron chi connectivity index (χ0n) is 9.66. The molecule has 0 bridgehead atoms. The lowest BCUT2D eigenvalue weighted by Crippen LogP contribution is -2.03. The minimum Gasteiger partial charge on any atom is -0.323 e. The first-order chi connectivity index (χ1) is 8.17. The number of aromatic nitrogens is 2. The van der Waals surface area contributed by atoms with Gasteiger partial charge in [-0.25, -0.2) is 9.37 Å². The Labute approximate surface area is 108 Å². The van der Waals surface area contributed by atoms with Crippen LogP contribution < -0.4 is 0 Å². The number of rotatable bonds is 4. The van der Waals surface area contributed by atoms with E-state index in [1.165, 1.54) is 12.1 Å². The maximum atomic E-state index is 13.2. The van der Waals surface area contributed by atoms with Crippen molar-refractivity contribution in [1.82, 2.24) is 9.55 Å². The molecule has 90 valence electrons. The van der Waals surface area contributed by atoms with Crippen LogP contribution in [-0.2, 0) is 6.54 Å². The molecule has 0 fully saturated rings. The van der Waals surface area contributed by atoms with Crippen LogP contribution in [0.2, 0.25) is 0 Å². The molecule has 17 heavy (non-hydrogen) atoms. The van der Waals surface area contributed by atoms with E-state index in [2.05, 4.69) is 39.0 Å². The number of hydrogen-bond donors (Lipinski definition) is 0. The average Bonchev–Trinajstić information content (AvgIpc) is 2.67. The normalized spacial score (nSPS) is 12.9. The second kappa shape index (κ2) is 5.00. The molecule has 0 saturated heterocycles. The Morgan fingerprint density at radius 3 is 3.00 bits per heavy atom. The van der Waals surface area contributed by atoms with Gasteiger partial charge >= 0.3 is 0 Å². The first-order valence-electron chi connectivity index (χ1n) is 5.58. The van der Waals surface area contributed by atoms with Gasteiger partial charge in [-0.1, -0.05) is 28.9 Å². The predicted molar refractivity (Wildman–Crippen MR) is 71.8 cm³/mol. The van der Waals surface area contributed by atoms with E-state index in [1.54, 1.807) is 6.07 Å². The standard InChI is InChI=1S/C13H14BrFN2/c1-3-7-17-12-6-5-9(15)8-11(12)16-13(17)10(14)4-2/h3,5-6,8,10H,1,4,7H2,2H3. The third-order valence-electron chi connectivity index (χ3n) is 2.69. The van der Waals surface area contributed by atoms with Crippen molar-refractivity contribution in [3.8, 4) is 0 Å². The van der Waals surface area contributed by atoms with E-state index in [9.17, 15) is 4.39 Å². The largest absolute Gasteiger partial charge is 0.323 e. The molecule has 1 heterocycles. The zero-order chi connectivity index (χ0) is 12.4. The van der Waals surface area contributed by atoms with Crippen molar-refractivity contribution < 1.29 is 4.39 Å². The van der Waals surface area contributed by atoms with Gasteiger partial charge in [0.15, 0.2) is 0 Å². The number of halogens is 2. The topological polar surface area (TPSA) is 17.8 Å². The highest BCUT2D eigenvalue weighted by Crippen LogP contribution is 2.29. The minimum atomic E-state index is -0.255. The van der Waals surface area contributed by atoms with Crippen molar-refractivity contribution in [2.45, 2.75) is 24.7 Å². The van der Waals surface area contributed by atoms with Gasteiger partial charge in [-0.2, -0.15) is 0 Å². The SMILES string of the molecule is C=CCn1c(C(Br)CC)nc2cc(F)ccc21. The van der Waals surface area contributed by atoms with Gasteiger partial charge in [0, 0.05) is 12.6 Å². The highest BCUT2D eigenvalue weighted by molar-refractivity contribution is 9.09. The number of benzene rings is 1. The summed E-state index contributed by atoms with van der Waals surface area (Å²) in [6.07, 6.45) is 2.76. The number of allylic oxidation sites excluding steroid dienone is 1. The molecule has 2 rings (SSSR count). The van der Waals surface area contributed by atoms with Gasteiger partial charge in [0.05, 0.1) is 15.9 Å². The second-order valence-corrected chi connectivity index (χ2v) is 4.98. The molecule has 0 saturated carbocycles. The molecule has 1 unspecified atom stereocenters. The number of nitrogens with zero attached hydrogens (tertiary/aromatic N) is 2. The van der Waals surface area contributed by atoms with Crippen LogP contribution in [0.4, 0.5) is 4.39 Å². The molecule has 0 aliphatic carbocycles. The van der Waals surface area contributed by atoms with Crippen LogP contribution in [0.3, 0.4) is 0 Å². The lowest BCUT2D eigenvalue weighted by Gasteiger charge is -2.09. The molecule has 0 spiro atoms. The van der Waals surface area contributed by atoms with E-state index in [-0.39, 0.29) is 10.6 Å². The van der Waals surface area contributed by atoms with Crippen molar-refractivity contribution in [3.05, 3.63) is 42.5 Å². The molecule has 1 aromatic heterocycles. The summed E-state index contributed by atoms with van der Waals surface area (Å²) in [5.74, 6) is 0.669. The third-order valence-corrected chi connectivity index (χ3v) is 3.75. The van der Waals surface area contributed by atoms with Crippen molar-refractivity contribution in [1.29, 1.82) is 0 Å². The number of fused-ring (bicyclic) bond motifs is 1. The monoisotopic (exact) mass is 296 g/mol. The summed E-state index contributed by atoms with van der Waals surface area (Å²) < 4.78 is 15.2. The summed E-state index contributed by atoms with van der Waals surface area (Å²) in [4.78, 5) is 4.67. The van der Waals surface area contributed by atoms with Crippen LogP contribution in [0.15, 0.2) is 30.9 Å². The first-order valence-corrected chi connectivity index (χ1v) is 6.49. The fourth-order valence-electron chi connectivity index (χ4n) is 1.86. The van der Waals surface area contributed by atoms with E-state index >= 15 is 0 Å². The summed E-state index contributed by atoms with van der Waals surface area (Å²) in [6, 6.07) is 4.69. The van der Waals surface area contributed by atoms with Gasteiger partial charge in [-0.3, -0.25) is 0 Å². The summed E-state index contributed by atoms with van der Waals surface area (Å²) in [6.45, 7) is 6.51. The smallest absolute Gasteiger partial charge is 0.125 e. The lowest BCUT2D eigenvalue weighted by molar-refractivity contribution is 0.629. The average molecular weight is 297 g/mol. The van der Waals surface area contributed by atoms with E-state index in [1.807, 2.05) is 6.08 Å². The summed E-state index contributed by atoms with van der Waals surface area (Å²) in [5, 5.41) is 0. The molecule has 0 radical (unpaired) electrons. The third kappa shape index (κ3) is 2.27. The fraction of sp³-hybridized carbons (Fsp3) is 0.308. The lowest BCUT2D eigenvalue weighted by atomic mass is 10.3. The van der Waals surface area contributed by atoms with Crippen molar-refractivity contribution >= 4 is 27.0 Å². The Morgan fingerprint density at radius 2 is 2.35 bits per heavy atom. The fourth-order valence-corrected chi connectivity index (χ4v) is 2.21. The summed E-state index contributed by atoms with van der Waals surface area (Å²) in [5.41, 5.74) is 1.64. The van der Waals surface area contributed by atoms with Crippen LogP contribution in [-0.4, -0.2) is 9.55 Å². The molecule has 1 atom stereocenters. The van der Waals surface area contributed by atoms with Crippen molar-refractivity contribution in [2.75, 3.05) is 0 Å². The number of hydrogen-bond acceptors (Lipinski definition) is 1. The van der Waals surface area contributed by atoms with Gasteiger partial charge in [-0.15, -0.1) is 6.58 Å². The molecular formula is C13H14BrFN2. The number of imidazole rings is 1. The van der Waals surface area contributed by atoms with E-state index < -0.39 is 0 Å². The Balaban J connectivity index is 2.65. The van der Waals surface area contributed by atoms with E-state index in [0.717, 1.165) is 17.8 Å². The van der Waals surface area contributed by atoms with Crippen LogP contribution in [0, 0.1) is 5.82 Å². The molecule has 4 heteroatoms. The summed E-state index contributed by atoms with van der Waals surface area (Å²) >= 11 is 3.59. The molecule has 0 N–H and O–H groups in total. The quantitative estimate of drug-likeness (QED) is 0.610. The Morgan fingerprint density at radius 1 is 1.59 bits per heavy atom. The second-order valence-electron chi connectivity index (χ2n) is 3.88.